The van der Waals surface area contributed by atoms with E-state index in [1.54, 1.807) is 12.1 Å². The number of furan rings is 1. The number of hydrogen-bond donors (Lipinski definition) is 4. The van der Waals surface area contributed by atoms with E-state index >= 15 is 0 Å². The minimum atomic E-state index is -0.00694. The Kier molecular flexibility index (Phi) is 4.04. The van der Waals surface area contributed by atoms with Crippen molar-refractivity contribution < 1.29 is 9.52 Å². The molecule has 0 saturated carbocycles. The molecule has 0 aromatic carbocycles. The molecule has 0 bridgehead atoms. The average molecular weight is 224 g/mol. The monoisotopic (exact) mass is 224 g/mol. The molecule has 0 saturated heterocycles. The van der Waals surface area contributed by atoms with E-state index in [0.29, 0.717) is 5.76 Å². The number of aliphatic hydroxyl groups excluding tert-OH is 1. The average Bonchev–Trinajstić information content (AvgIpc) is 2.68. The Morgan fingerprint density at radius 1 is 1.06 bits per heavy atom. The van der Waals surface area contributed by atoms with Gasteiger partial charge in [-0.25, -0.2) is 0 Å². The van der Waals surface area contributed by atoms with Gasteiger partial charge in [-0.1, -0.05) is 0 Å². The minimum Gasteiger partial charge on any atom is -0.467 e. The molecular weight excluding hydrogens is 212 g/mol. The number of aromatic nitrogens is 3. The summed E-state index contributed by atoms with van der Waals surface area (Å²) in [5.74, 6) is 0.736. The molecule has 2 heterocycles. The molecular formula is C8H12N6O2. The lowest BCUT2D eigenvalue weighted by molar-refractivity contribution is 0.247. The van der Waals surface area contributed by atoms with E-state index in [-0.39, 0.29) is 24.5 Å². The molecule has 0 aliphatic heterocycles. The Bertz CT molecular complexity index is 380. The SMILES string of the molecule is Nc1nc(N)nc(N)n1.OCc1ccco1. The summed E-state index contributed by atoms with van der Waals surface area (Å²) in [5.41, 5.74) is 15.4. The molecule has 2 aromatic rings. The molecule has 7 N–H and O–H groups in total. The van der Waals surface area contributed by atoms with Crippen molar-refractivity contribution in [3.05, 3.63) is 24.2 Å². The highest BCUT2D eigenvalue weighted by atomic mass is 16.4. The fraction of sp³-hybridized carbons (Fsp3) is 0.125. The number of anilines is 3. The zero-order valence-electron chi connectivity index (χ0n) is 8.37. The quantitative estimate of drug-likeness (QED) is 0.500. The fourth-order valence-electron chi connectivity index (χ4n) is 0.830. The van der Waals surface area contributed by atoms with Crippen LogP contribution in [0.2, 0.25) is 0 Å². The third-order valence-corrected chi connectivity index (χ3v) is 1.42. The normalized spacial score (nSPS) is 9.31. The molecule has 0 spiro atoms. The van der Waals surface area contributed by atoms with Gasteiger partial charge in [-0.3, -0.25) is 0 Å². The Morgan fingerprint density at radius 2 is 1.56 bits per heavy atom. The van der Waals surface area contributed by atoms with Crippen LogP contribution in [0.1, 0.15) is 5.76 Å². The van der Waals surface area contributed by atoms with Gasteiger partial charge >= 0.3 is 0 Å². The highest BCUT2D eigenvalue weighted by molar-refractivity contribution is 5.33. The second-order valence-electron chi connectivity index (χ2n) is 2.65. The molecule has 0 radical (unpaired) electrons. The van der Waals surface area contributed by atoms with Crippen LogP contribution in [-0.4, -0.2) is 20.1 Å². The minimum absolute atomic E-state index is 0.00694. The largest absolute Gasteiger partial charge is 0.467 e. The molecule has 16 heavy (non-hydrogen) atoms. The van der Waals surface area contributed by atoms with Gasteiger partial charge in [-0.2, -0.15) is 15.0 Å². The van der Waals surface area contributed by atoms with Gasteiger partial charge < -0.3 is 26.7 Å². The van der Waals surface area contributed by atoms with Crippen LogP contribution >= 0.6 is 0 Å². The maximum absolute atomic E-state index is 8.33. The van der Waals surface area contributed by atoms with Gasteiger partial charge in [0, 0.05) is 0 Å². The van der Waals surface area contributed by atoms with Gasteiger partial charge in [0.1, 0.15) is 12.4 Å². The smallest absolute Gasteiger partial charge is 0.226 e. The molecule has 0 unspecified atom stereocenters. The second-order valence-corrected chi connectivity index (χ2v) is 2.65. The van der Waals surface area contributed by atoms with Crippen molar-refractivity contribution in [1.82, 2.24) is 15.0 Å². The van der Waals surface area contributed by atoms with E-state index in [4.69, 9.17) is 26.7 Å². The van der Waals surface area contributed by atoms with Crippen molar-refractivity contribution >= 4 is 17.8 Å². The number of nitrogen functional groups attached to an aromatic ring is 3. The first-order valence-corrected chi connectivity index (χ1v) is 4.27. The number of hydrogen-bond acceptors (Lipinski definition) is 8. The van der Waals surface area contributed by atoms with E-state index in [0.717, 1.165) is 0 Å². The molecule has 8 heteroatoms. The van der Waals surface area contributed by atoms with Crippen LogP contribution in [-0.2, 0) is 6.61 Å². The van der Waals surface area contributed by atoms with E-state index < -0.39 is 0 Å². The van der Waals surface area contributed by atoms with Gasteiger partial charge in [-0.05, 0) is 12.1 Å². The van der Waals surface area contributed by atoms with Crippen molar-refractivity contribution in [1.29, 1.82) is 0 Å². The fourth-order valence-corrected chi connectivity index (χ4v) is 0.830. The summed E-state index contributed by atoms with van der Waals surface area (Å²) in [7, 11) is 0. The number of rotatable bonds is 1. The van der Waals surface area contributed by atoms with Gasteiger partial charge in [0.2, 0.25) is 17.8 Å². The van der Waals surface area contributed by atoms with Crippen LogP contribution in [0.15, 0.2) is 22.8 Å². The summed E-state index contributed by atoms with van der Waals surface area (Å²) in [5, 5.41) is 8.33. The van der Waals surface area contributed by atoms with Crippen LogP contribution in [0.25, 0.3) is 0 Å². The maximum atomic E-state index is 8.33. The van der Waals surface area contributed by atoms with Crippen LogP contribution in [0.5, 0.6) is 0 Å². The second kappa shape index (κ2) is 5.51. The van der Waals surface area contributed by atoms with E-state index in [1.807, 2.05) is 0 Å². The highest BCUT2D eigenvalue weighted by Crippen LogP contribution is 1.97. The Labute approximate surface area is 91.1 Å². The standard InChI is InChI=1S/C5H6O2.C3H6N6/c6-4-5-2-1-3-7-5;4-1-7-2(5)9-3(6)8-1/h1-3,6H,4H2;(H6,4,5,6,7,8,9). The van der Waals surface area contributed by atoms with E-state index in [2.05, 4.69) is 15.0 Å². The van der Waals surface area contributed by atoms with Crippen LogP contribution in [0.4, 0.5) is 17.8 Å². The lowest BCUT2D eigenvalue weighted by Gasteiger charge is -1.93. The lowest BCUT2D eigenvalue weighted by Crippen LogP contribution is -2.05. The summed E-state index contributed by atoms with van der Waals surface area (Å²) < 4.78 is 4.73. The topological polar surface area (TPSA) is 150 Å². The molecule has 2 rings (SSSR count). The molecule has 8 nitrogen and oxygen atoms in total. The number of aliphatic hydroxyl groups is 1. The van der Waals surface area contributed by atoms with E-state index in [1.165, 1.54) is 6.26 Å². The summed E-state index contributed by atoms with van der Waals surface area (Å²) in [6, 6.07) is 3.46. The summed E-state index contributed by atoms with van der Waals surface area (Å²) in [6.45, 7) is -0.00694. The third kappa shape index (κ3) is 3.80. The van der Waals surface area contributed by atoms with Crippen molar-refractivity contribution in [3.8, 4) is 0 Å². The Morgan fingerprint density at radius 3 is 1.81 bits per heavy atom. The molecule has 86 valence electrons. The first-order chi connectivity index (χ1) is 7.61. The molecule has 0 aliphatic rings. The Balaban J connectivity index is 0.000000165. The lowest BCUT2D eigenvalue weighted by atomic mass is 10.5. The molecule has 0 aliphatic carbocycles. The first-order valence-electron chi connectivity index (χ1n) is 4.27. The number of nitrogens with zero attached hydrogens (tertiary/aromatic N) is 3. The van der Waals surface area contributed by atoms with Crippen LogP contribution < -0.4 is 17.2 Å². The molecule has 0 fully saturated rings. The zero-order chi connectivity index (χ0) is 12.0. The Hall–Kier alpha value is -2.35. The first kappa shape index (κ1) is 11.7. The third-order valence-electron chi connectivity index (χ3n) is 1.42. The van der Waals surface area contributed by atoms with Crippen molar-refractivity contribution in [3.63, 3.8) is 0 Å². The van der Waals surface area contributed by atoms with Gasteiger partial charge in [0.15, 0.2) is 0 Å². The summed E-state index contributed by atoms with van der Waals surface area (Å²) >= 11 is 0. The molecule has 2 aromatic heterocycles. The van der Waals surface area contributed by atoms with E-state index in [9.17, 15) is 0 Å². The molecule has 0 amide bonds. The molecule has 0 atom stereocenters. The highest BCUT2D eigenvalue weighted by Gasteiger charge is 1.93. The van der Waals surface area contributed by atoms with Gasteiger partial charge in [-0.15, -0.1) is 0 Å². The summed E-state index contributed by atoms with van der Waals surface area (Å²) in [6.07, 6.45) is 1.53. The number of nitrogens with two attached hydrogens (primary N) is 3. The predicted molar refractivity (Wildman–Crippen MR) is 57.7 cm³/mol. The summed E-state index contributed by atoms with van der Waals surface area (Å²) in [4.78, 5) is 10.5. The van der Waals surface area contributed by atoms with Crippen LogP contribution in [0, 0.1) is 0 Å². The van der Waals surface area contributed by atoms with Crippen molar-refractivity contribution in [2.24, 2.45) is 0 Å². The van der Waals surface area contributed by atoms with Gasteiger partial charge in [0.25, 0.3) is 0 Å². The van der Waals surface area contributed by atoms with Crippen molar-refractivity contribution in [2.75, 3.05) is 17.2 Å². The van der Waals surface area contributed by atoms with Crippen molar-refractivity contribution in [2.45, 2.75) is 6.61 Å². The zero-order valence-corrected chi connectivity index (χ0v) is 8.37. The predicted octanol–water partition coefficient (Wildman–Crippen LogP) is -0.610. The van der Waals surface area contributed by atoms with Gasteiger partial charge in [0.05, 0.1) is 6.26 Å². The van der Waals surface area contributed by atoms with Crippen LogP contribution in [0.3, 0.4) is 0 Å². The maximum Gasteiger partial charge on any atom is 0.226 e.